The van der Waals surface area contributed by atoms with Gasteiger partial charge in [-0.15, -0.1) is 13.2 Å². The Labute approximate surface area is 46.3 Å². The van der Waals surface area contributed by atoms with Crippen LogP contribution in [0.4, 0.5) is 13.2 Å². The molecule has 0 aromatic heterocycles. The first kappa shape index (κ1) is 10.3. The fraction of sp³-hybridized carbons (Fsp3) is 0.200. The Kier molecular flexibility index (Phi) is 5.70. The zero-order chi connectivity index (χ0) is 7.21. The van der Waals surface area contributed by atoms with Crippen LogP contribution in [-0.2, 0) is 0 Å². The lowest BCUT2D eigenvalue weighted by molar-refractivity contribution is -0.0795. The van der Waals surface area contributed by atoms with Gasteiger partial charge in [-0.3, -0.25) is 0 Å². The number of halogens is 3. The van der Waals surface area contributed by atoms with Gasteiger partial charge in [0.05, 0.1) is 0 Å². The van der Waals surface area contributed by atoms with Crippen molar-refractivity contribution in [3.8, 4) is 0 Å². The summed E-state index contributed by atoms with van der Waals surface area (Å²) in [4.78, 5) is 0. The Morgan fingerprint density at radius 3 is 1.25 bits per heavy atom. The lowest BCUT2D eigenvalue weighted by atomic mass is 10.6. The van der Waals surface area contributed by atoms with E-state index in [0.717, 1.165) is 0 Å². The van der Waals surface area contributed by atoms with Gasteiger partial charge in [0.1, 0.15) is 0 Å². The summed E-state index contributed by atoms with van der Waals surface area (Å²) in [6.45, 7) is 8.51. The summed E-state index contributed by atoms with van der Waals surface area (Å²) < 4.78 is 32.0. The second kappa shape index (κ2) is 4.43. The van der Waals surface area contributed by atoms with Gasteiger partial charge in [0.15, 0.2) is 0 Å². The summed E-state index contributed by atoms with van der Waals surface area (Å²) in [5, 5.41) is 0. The van der Waals surface area contributed by atoms with Crippen LogP contribution >= 0.6 is 0 Å². The third-order valence-corrected chi connectivity index (χ3v) is 0.231. The van der Waals surface area contributed by atoms with Crippen LogP contribution in [0.2, 0.25) is 0 Å². The van der Waals surface area contributed by atoms with Crippen molar-refractivity contribution in [2.45, 2.75) is 6.18 Å². The number of hydrogen-bond acceptors (Lipinski definition) is 0. The van der Waals surface area contributed by atoms with Crippen molar-refractivity contribution >= 4 is 0 Å². The SMILES string of the molecule is C=C.C=CC(F)(F)F. The second-order valence-electron chi connectivity index (χ2n) is 0.746. The van der Waals surface area contributed by atoms with Gasteiger partial charge < -0.3 is 0 Å². The van der Waals surface area contributed by atoms with Crippen LogP contribution in [0.25, 0.3) is 0 Å². The third kappa shape index (κ3) is 18.6. The normalized spacial score (nSPS) is 8.88. The van der Waals surface area contributed by atoms with Crippen molar-refractivity contribution in [2.75, 3.05) is 0 Å². The molecule has 0 fully saturated rings. The van der Waals surface area contributed by atoms with Crippen molar-refractivity contribution in [1.29, 1.82) is 0 Å². The molecule has 0 aliphatic rings. The summed E-state index contributed by atoms with van der Waals surface area (Å²) in [7, 11) is 0. The van der Waals surface area contributed by atoms with E-state index in [9.17, 15) is 13.2 Å². The maximum Gasteiger partial charge on any atom is 0.409 e. The smallest absolute Gasteiger partial charge is 0.167 e. The van der Waals surface area contributed by atoms with E-state index in [4.69, 9.17) is 0 Å². The molecule has 48 valence electrons. The molecule has 0 N–H and O–H groups in total. The van der Waals surface area contributed by atoms with Gasteiger partial charge in [-0.2, -0.15) is 13.2 Å². The molecule has 0 aromatic carbocycles. The Hall–Kier alpha value is -0.730. The molecule has 0 amide bonds. The highest BCUT2D eigenvalue weighted by Crippen LogP contribution is 2.13. The van der Waals surface area contributed by atoms with Crippen LogP contribution in [0, 0.1) is 0 Å². The summed E-state index contributed by atoms with van der Waals surface area (Å²) in [6.07, 6.45) is -4.26. The first-order chi connectivity index (χ1) is 3.56. The zero-order valence-corrected chi connectivity index (χ0v) is 4.33. The van der Waals surface area contributed by atoms with Crippen molar-refractivity contribution in [1.82, 2.24) is 0 Å². The van der Waals surface area contributed by atoms with Crippen LogP contribution in [0.3, 0.4) is 0 Å². The van der Waals surface area contributed by atoms with E-state index in [-0.39, 0.29) is 6.08 Å². The quantitative estimate of drug-likeness (QED) is 0.435. The van der Waals surface area contributed by atoms with Gasteiger partial charge in [-0.05, 0) is 0 Å². The number of alkyl halides is 3. The van der Waals surface area contributed by atoms with E-state index in [1.165, 1.54) is 0 Å². The Morgan fingerprint density at radius 2 is 1.25 bits per heavy atom. The standard InChI is InChI=1S/C3H3F3.C2H4/c1-2-3(4,5)6;1-2/h2H,1H2;1-2H2. The minimum absolute atomic E-state index is 0.0625. The molecule has 0 atom stereocenters. The molecule has 0 rings (SSSR count). The molecule has 0 spiro atoms. The predicted octanol–water partition coefficient (Wildman–Crippen LogP) is 2.54. The lowest BCUT2D eigenvalue weighted by Crippen LogP contribution is -1.98. The predicted molar refractivity (Wildman–Crippen MR) is 27.5 cm³/mol. The topological polar surface area (TPSA) is 0 Å². The Bertz CT molecular complexity index is 62.6. The Balaban J connectivity index is 0. The first-order valence-corrected chi connectivity index (χ1v) is 1.76. The molecule has 0 saturated carbocycles. The first-order valence-electron chi connectivity index (χ1n) is 1.76. The van der Waals surface area contributed by atoms with E-state index in [0.29, 0.717) is 0 Å². The van der Waals surface area contributed by atoms with E-state index < -0.39 is 6.18 Å². The van der Waals surface area contributed by atoms with Crippen LogP contribution in [0.1, 0.15) is 0 Å². The molecule has 0 aromatic rings. The number of rotatable bonds is 0. The van der Waals surface area contributed by atoms with Crippen molar-refractivity contribution in [3.05, 3.63) is 25.8 Å². The second-order valence-corrected chi connectivity index (χ2v) is 0.746. The molecular formula is C5H7F3. The van der Waals surface area contributed by atoms with Gasteiger partial charge in [0.25, 0.3) is 0 Å². The maximum absolute atomic E-state index is 10.7. The fourth-order valence-corrected chi connectivity index (χ4v) is 0. The van der Waals surface area contributed by atoms with Gasteiger partial charge in [-0.25, -0.2) is 0 Å². The van der Waals surface area contributed by atoms with E-state index >= 15 is 0 Å². The minimum atomic E-state index is -4.19. The summed E-state index contributed by atoms with van der Waals surface area (Å²) in [6, 6.07) is 0. The molecule has 8 heavy (non-hydrogen) atoms. The van der Waals surface area contributed by atoms with Gasteiger partial charge in [0.2, 0.25) is 0 Å². The van der Waals surface area contributed by atoms with E-state index in [1.54, 1.807) is 0 Å². The van der Waals surface area contributed by atoms with Crippen LogP contribution in [-0.4, -0.2) is 6.18 Å². The van der Waals surface area contributed by atoms with Crippen molar-refractivity contribution in [2.24, 2.45) is 0 Å². The van der Waals surface area contributed by atoms with Crippen molar-refractivity contribution < 1.29 is 13.2 Å². The van der Waals surface area contributed by atoms with Gasteiger partial charge >= 0.3 is 6.18 Å². The van der Waals surface area contributed by atoms with Crippen LogP contribution in [0.15, 0.2) is 25.8 Å². The average Bonchev–Trinajstić information content (AvgIpc) is 1.71. The lowest BCUT2D eigenvalue weighted by Gasteiger charge is -1.91. The third-order valence-electron chi connectivity index (χ3n) is 0.231. The molecule has 0 aliphatic carbocycles. The highest BCUT2D eigenvalue weighted by molar-refractivity contribution is 4.75. The van der Waals surface area contributed by atoms with Crippen molar-refractivity contribution in [3.63, 3.8) is 0 Å². The van der Waals surface area contributed by atoms with E-state index in [2.05, 4.69) is 19.7 Å². The zero-order valence-electron chi connectivity index (χ0n) is 4.33. The van der Waals surface area contributed by atoms with E-state index in [1.807, 2.05) is 0 Å². The monoisotopic (exact) mass is 124 g/mol. The molecule has 0 radical (unpaired) electrons. The molecule has 0 bridgehead atoms. The largest absolute Gasteiger partial charge is 0.409 e. The summed E-state index contributed by atoms with van der Waals surface area (Å²) in [5.74, 6) is 0. The molecular weight excluding hydrogens is 117 g/mol. The maximum atomic E-state index is 10.7. The Morgan fingerprint density at radius 1 is 1.12 bits per heavy atom. The molecule has 0 nitrogen and oxygen atoms in total. The fourth-order valence-electron chi connectivity index (χ4n) is 0. The molecule has 3 heteroatoms. The van der Waals surface area contributed by atoms with Crippen LogP contribution < -0.4 is 0 Å². The summed E-state index contributed by atoms with van der Waals surface area (Å²) >= 11 is 0. The molecule has 0 heterocycles. The molecule has 0 saturated heterocycles. The molecule has 0 unspecified atom stereocenters. The minimum Gasteiger partial charge on any atom is -0.167 e. The number of allylic oxidation sites excluding steroid dienone is 1. The van der Waals surface area contributed by atoms with Gasteiger partial charge in [0, 0.05) is 6.08 Å². The van der Waals surface area contributed by atoms with Crippen LogP contribution in [0.5, 0.6) is 0 Å². The number of hydrogen-bond donors (Lipinski definition) is 0. The highest BCUT2D eigenvalue weighted by atomic mass is 19.4. The molecule has 0 aliphatic heterocycles. The van der Waals surface area contributed by atoms with Gasteiger partial charge in [-0.1, -0.05) is 6.58 Å². The summed E-state index contributed by atoms with van der Waals surface area (Å²) in [5.41, 5.74) is 0. The average molecular weight is 124 g/mol. The highest BCUT2D eigenvalue weighted by Gasteiger charge is 2.19.